The molecule has 0 radical (unpaired) electrons. The molecule has 4 rings (SSSR count). The molecule has 0 spiro atoms. The number of hydrogen-bond acceptors (Lipinski definition) is 9. The van der Waals surface area contributed by atoms with Crippen molar-refractivity contribution in [2.45, 2.75) is 12.1 Å². The van der Waals surface area contributed by atoms with Crippen molar-refractivity contribution in [3.05, 3.63) is 38.7 Å². The summed E-state index contributed by atoms with van der Waals surface area (Å²) in [4.78, 5) is 22.2. The number of aromatic nitrogens is 3. The first-order chi connectivity index (χ1) is 16.8. The molecule has 1 aliphatic rings. The van der Waals surface area contributed by atoms with Gasteiger partial charge in [0.25, 0.3) is 5.56 Å². The highest BCUT2D eigenvalue weighted by atomic mass is 35.5. The van der Waals surface area contributed by atoms with Crippen LogP contribution in [0.4, 0.5) is 5.95 Å². The van der Waals surface area contributed by atoms with Crippen LogP contribution in [-0.2, 0) is 23.1 Å². The highest BCUT2D eigenvalue weighted by Gasteiger charge is 2.32. The normalized spacial score (nSPS) is 18.3. The fourth-order valence-electron chi connectivity index (χ4n) is 3.77. The zero-order chi connectivity index (χ0) is 25.3. The van der Waals surface area contributed by atoms with Crippen molar-refractivity contribution in [1.29, 1.82) is 0 Å². The monoisotopic (exact) mass is 537 g/mol. The SMILES string of the molecule is C#C[S+]([O-])N[C@H]1COC[C@H]1Nc1ncc2cc(-c3c(Cl)c(OC)cc(OC)c3Cl)c(=O)n(C)c2n1. The van der Waals surface area contributed by atoms with Gasteiger partial charge in [0, 0.05) is 30.3 Å². The molecule has 184 valence electrons. The molecule has 1 aromatic carbocycles. The minimum Gasteiger partial charge on any atom is -0.585 e. The highest BCUT2D eigenvalue weighted by molar-refractivity contribution is 7.94. The molecule has 1 saturated heterocycles. The van der Waals surface area contributed by atoms with Gasteiger partial charge in [0.05, 0.1) is 55.1 Å². The van der Waals surface area contributed by atoms with E-state index in [1.807, 2.05) is 0 Å². The molecule has 0 saturated carbocycles. The number of benzene rings is 1. The molecular weight excluding hydrogens is 517 g/mol. The van der Waals surface area contributed by atoms with Crippen LogP contribution in [0.15, 0.2) is 23.1 Å². The topological polar surface area (TPSA) is 123 Å². The number of anilines is 1. The van der Waals surface area contributed by atoms with Crippen LogP contribution in [0.1, 0.15) is 0 Å². The fraction of sp³-hybridized carbons (Fsp3) is 0.318. The Bertz CT molecular complexity index is 1350. The number of nitrogens with zero attached hydrogens (tertiary/aromatic N) is 3. The van der Waals surface area contributed by atoms with Gasteiger partial charge in [-0.2, -0.15) is 4.98 Å². The number of aryl methyl sites for hydroxylation is 1. The Labute approximate surface area is 214 Å². The van der Waals surface area contributed by atoms with E-state index >= 15 is 0 Å². The lowest BCUT2D eigenvalue weighted by molar-refractivity contribution is 0.191. The lowest BCUT2D eigenvalue weighted by Gasteiger charge is -2.19. The summed E-state index contributed by atoms with van der Waals surface area (Å²) in [6.07, 6.45) is 6.76. The van der Waals surface area contributed by atoms with E-state index < -0.39 is 11.4 Å². The molecule has 0 bridgehead atoms. The van der Waals surface area contributed by atoms with Crippen molar-refractivity contribution in [2.75, 3.05) is 32.8 Å². The molecule has 1 unspecified atom stereocenters. The molecule has 3 atom stereocenters. The lowest BCUT2D eigenvalue weighted by Crippen LogP contribution is -2.45. The van der Waals surface area contributed by atoms with Crippen molar-refractivity contribution >= 4 is 51.5 Å². The van der Waals surface area contributed by atoms with E-state index in [9.17, 15) is 9.35 Å². The lowest BCUT2D eigenvalue weighted by atomic mass is 10.0. The van der Waals surface area contributed by atoms with E-state index in [1.165, 1.54) is 18.8 Å². The second-order valence-corrected chi connectivity index (χ2v) is 9.34. The number of pyridine rings is 1. The fourth-order valence-corrected chi connectivity index (χ4v) is 5.05. The highest BCUT2D eigenvalue weighted by Crippen LogP contribution is 2.45. The van der Waals surface area contributed by atoms with Crippen LogP contribution >= 0.6 is 23.2 Å². The number of fused-ring (bicyclic) bond motifs is 1. The summed E-state index contributed by atoms with van der Waals surface area (Å²) in [5.41, 5.74) is 0.526. The quantitative estimate of drug-likeness (QED) is 0.345. The van der Waals surface area contributed by atoms with Gasteiger partial charge in [-0.15, -0.1) is 4.72 Å². The average Bonchev–Trinajstić information content (AvgIpc) is 3.28. The summed E-state index contributed by atoms with van der Waals surface area (Å²) in [7, 11) is 4.50. The van der Waals surface area contributed by atoms with E-state index in [0.29, 0.717) is 35.7 Å². The van der Waals surface area contributed by atoms with Gasteiger partial charge in [0.2, 0.25) is 5.95 Å². The zero-order valence-electron chi connectivity index (χ0n) is 18.9. The van der Waals surface area contributed by atoms with Gasteiger partial charge in [-0.1, -0.05) is 29.6 Å². The third kappa shape index (κ3) is 4.86. The molecule has 10 nitrogen and oxygen atoms in total. The Balaban J connectivity index is 1.74. The van der Waals surface area contributed by atoms with Crippen LogP contribution in [-0.4, -0.2) is 58.6 Å². The largest absolute Gasteiger partial charge is 0.585 e. The Morgan fingerprint density at radius 2 is 1.89 bits per heavy atom. The molecular formula is C22H21Cl2N5O5S. The third-order valence-corrected chi connectivity index (χ3v) is 7.03. The predicted molar refractivity (Wildman–Crippen MR) is 135 cm³/mol. The number of nitrogens with one attached hydrogen (secondary N) is 2. The van der Waals surface area contributed by atoms with Crippen LogP contribution in [0.3, 0.4) is 0 Å². The molecule has 35 heavy (non-hydrogen) atoms. The van der Waals surface area contributed by atoms with Crippen molar-refractivity contribution < 1.29 is 18.8 Å². The molecule has 1 fully saturated rings. The van der Waals surface area contributed by atoms with E-state index in [4.69, 9.17) is 43.8 Å². The zero-order valence-corrected chi connectivity index (χ0v) is 21.3. The Morgan fingerprint density at radius 1 is 1.23 bits per heavy atom. The molecule has 0 aliphatic carbocycles. The molecule has 1 aliphatic heterocycles. The van der Waals surface area contributed by atoms with Crippen LogP contribution in [0.2, 0.25) is 10.0 Å². The number of ether oxygens (including phenoxy) is 3. The third-order valence-electron chi connectivity index (χ3n) is 5.55. The maximum absolute atomic E-state index is 13.3. The van der Waals surface area contributed by atoms with Gasteiger partial charge < -0.3 is 24.1 Å². The van der Waals surface area contributed by atoms with Crippen molar-refractivity contribution in [1.82, 2.24) is 19.3 Å². The van der Waals surface area contributed by atoms with Gasteiger partial charge in [0.1, 0.15) is 28.5 Å². The van der Waals surface area contributed by atoms with Crippen molar-refractivity contribution in [2.24, 2.45) is 7.05 Å². The summed E-state index contributed by atoms with van der Waals surface area (Å²) in [5, 5.41) is 6.21. The van der Waals surface area contributed by atoms with E-state index in [2.05, 4.69) is 25.3 Å². The number of terminal acetylenes is 1. The Hall–Kier alpha value is -2.72. The van der Waals surface area contributed by atoms with Gasteiger partial charge in [-0.3, -0.25) is 9.36 Å². The second-order valence-electron chi connectivity index (χ2n) is 7.58. The maximum atomic E-state index is 13.3. The smallest absolute Gasteiger partial charge is 0.259 e. The summed E-state index contributed by atoms with van der Waals surface area (Å²) in [5.74, 6) is 0.898. The van der Waals surface area contributed by atoms with Gasteiger partial charge in [0.15, 0.2) is 5.25 Å². The Morgan fingerprint density at radius 3 is 2.51 bits per heavy atom. The minimum absolute atomic E-state index is 0.179. The number of halogens is 2. The number of rotatable bonds is 7. The molecule has 3 aromatic rings. The standard InChI is InChI=1S/C22H21Cl2N5O5S/c1-5-35(31)28-14-10-34-9-13(14)26-22-25-8-11-6-12(21(30)29(2)20(11)27-22)17-18(23)15(32-3)7-16(33-4)19(17)24/h1,6-8,13-14,28H,9-10H2,2-4H3,(H,25,26,27)/t13-,14+,35?/m1/s1. The summed E-state index contributed by atoms with van der Waals surface area (Å²) >= 11 is 11.4. The molecule has 3 heterocycles. The first-order valence-electron chi connectivity index (χ1n) is 10.2. The van der Waals surface area contributed by atoms with Crippen LogP contribution in [0, 0.1) is 11.7 Å². The molecule has 13 heteroatoms. The number of methoxy groups -OCH3 is 2. The van der Waals surface area contributed by atoms with Crippen LogP contribution < -0.4 is 25.1 Å². The van der Waals surface area contributed by atoms with E-state index in [-0.39, 0.29) is 44.8 Å². The van der Waals surface area contributed by atoms with Crippen molar-refractivity contribution in [3.8, 4) is 34.3 Å². The molecule has 2 aromatic heterocycles. The van der Waals surface area contributed by atoms with Gasteiger partial charge >= 0.3 is 0 Å². The summed E-state index contributed by atoms with van der Waals surface area (Å²) in [6.45, 7) is 0.666. The molecule has 0 amide bonds. The Kier molecular flexibility index (Phi) is 7.61. The number of hydrogen-bond donors (Lipinski definition) is 2. The predicted octanol–water partition coefficient (Wildman–Crippen LogP) is 2.34. The first-order valence-corrected chi connectivity index (χ1v) is 12.1. The summed E-state index contributed by atoms with van der Waals surface area (Å²) in [6, 6.07) is 2.59. The van der Waals surface area contributed by atoms with E-state index in [0.717, 1.165) is 0 Å². The summed E-state index contributed by atoms with van der Waals surface area (Å²) < 4.78 is 32.0. The van der Waals surface area contributed by atoms with Crippen molar-refractivity contribution in [3.63, 3.8) is 0 Å². The van der Waals surface area contributed by atoms with Crippen LogP contribution in [0.5, 0.6) is 11.5 Å². The van der Waals surface area contributed by atoms with E-state index in [1.54, 1.807) is 25.4 Å². The van der Waals surface area contributed by atoms with Gasteiger partial charge in [-0.25, -0.2) is 4.98 Å². The first kappa shape index (κ1) is 25.4. The maximum Gasteiger partial charge on any atom is 0.259 e. The molecule has 2 N–H and O–H groups in total. The average molecular weight is 538 g/mol. The minimum atomic E-state index is -1.62. The second kappa shape index (κ2) is 10.5. The van der Waals surface area contributed by atoms with Crippen LogP contribution in [0.25, 0.3) is 22.2 Å². The van der Waals surface area contributed by atoms with Gasteiger partial charge in [-0.05, 0) is 6.07 Å².